The normalized spacial score (nSPS) is 11.5. The van der Waals surface area contributed by atoms with Gasteiger partial charge in [0.1, 0.15) is 6.04 Å². The van der Waals surface area contributed by atoms with E-state index < -0.39 is 17.9 Å². The number of halogens is 2. The van der Waals surface area contributed by atoms with Gasteiger partial charge in [-0.25, -0.2) is 0 Å². The van der Waals surface area contributed by atoms with Gasteiger partial charge in [-0.3, -0.25) is 14.4 Å². The smallest absolute Gasteiger partial charge is 0.243 e. The highest BCUT2D eigenvalue weighted by Crippen LogP contribution is 2.30. The average Bonchev–Trinajstić information content (AvgIpc) is 2.81. The third-order valence-corrected chi connectivity index (χ3v) is 5.75. The average molecular weight is 484 g/mol. The lowest BCUT2D eigenvalue weighted by molar-refractivity contribution is -0.125. The lowest BCUT2D eigenvalue weighted by atomic mass is 9.98. The second-order valence-electron chi connectivity index (χ2n) is 7.47. The van der Waals surface area contributed by atoms with E-state index in [0.717, 1.165) is 5.56 Å². The Balaban J connectivity index is 2.02. The van der Waals surface area contributed by atoms with Gasteiger partial charge in [-0.2, -0.15) is 0 Å². The number of primary amides is 1. The van der Waals surface area contributed by atoms with E-state index in [4.69, 9.17) is 28.9 Å². The molecule has 0 aliphatic carbocycles. The lowest BCUT2D eigenvalue weighted by Gasteiger charge is -2.31. The minimum Gasteiger partial charge on any atom is -0.368 e. The summed E-state index contributed by atoms with van der Waals surface area (Å²) < 4.78 is 0. The lowest BCUT2D eigenvalue weighted by Crippen LogP contribution is -2.49. The fourth-order valence-electron chi connectivity index (χ4n) is 3.49. The molecule has 0 saturated carbocycles. The van der Waals surface area contributed by atoms with Gasteiger partial charge in [-0.05, 0) is 35.9 Å². The molecule has 0 spiro atoms. The van der Waals surface area contributed by atoms with E-state index >= 15 is 0 Å². The molecular formula is C25H23Cl2N3O3. The summed E-state index contributed by atoms with van der Waals surface area (Å²) in [4.78, 5) is 39.3. The number of nitrogens with zero attached hydrogens (tertiary/aromatic N) is 1. The highest BCUT2D eigenvalue weighted by atomic mass is 35.5. The van der Waals surface area contributed by atoms with E-state index in [0.29, 0.717) is 33.3 Å². The number of hydrogen-bond acceptors (Lipinski definition) is 4. The van der Waals surface area contributed by atoms with Crippen LogP contribution in [0, 0.1) is 0 Å². The number of rotatable bonds is 9. The summed E-state index contributed by atoms with van der Waals surface area (Å²) in [5.41, 5.74) is 7.25. The molecule has 3 aromatic rings. The number of carbonyl (C=O) groups excluding carboxylic acids is 3. The van der Waals surface area contributed by atoms with Crippen molar-refractivity contribution in [2.75, 3.05) is 18.5 Å². The summed E-state index contributed by atoms with van der Waals surface area (Å²) in [6.07, 6.45) is 0.338. The molecule has 0 unspecified atom stereocenters. The van der Waals surface area contributed by atoms with Crippen molar-refractivity contribution in [3.05, 3.63) is 99.5 Å². The Labute approximate surface area is 202 Å². The number of nitrogens with two attached hydrogens (primary N) is 1. The second-order valence-corrected chi connectivity index (χ2v) is 8.31. The molecule has 3 N–H and O–H groups in total. The molecule has 0 aliphatic heterocycles. The van der Waals surface area contributed by atoms with Crippen LogP contribution in [0.5, 0.6) is 0 Å². The predicted octanol–water partition coefficient (Wildman–Crippen LogP) is 3.87. The maximum atomic E-state index is 13.4. The molecule has 8 heteroatoms. The van der Waals surface area contributed by atoms with Crippen LogP contribution in [0.1, 0.15) is 21.5 Å². The van der Waals surface area contributed by atoms with Gasteiger partial charge < -0.3 is 16.0 Å². The van der Waals surface area contributed by atoms with Crippen molar-refractivity contribution >= 4 is 46.5 Å². The van der Waals surface area contributed by atoms with Gasteiger partial charge in [0.05, 0.1) is 11.6 Å². The molecular weight excluding hydrogens is 461 g/mol. The molecule has 1 atom stereocenters. The van der Waals surface area contributed by atoms with E-state index in [1.54, 1.807) is 54.4 Å². The number of likely N-dealkylation sites (N-methyl/N-ethyl adjacent to an activating group) is 1. The Hall–Kier alpha value is -3.35. The second kappa shape index (κ2) is 11.0. The first-order chi connectivity index (χ1) is 15.8. The van der Waals surface area contributed by atoms with Crippen LogP contribution in [-0.2, 0) is 16.0 Å². The summed E-state index contributed by atoms with van der Waals surface area (Å²) in [5, 5.41) is 3.26. The molecule has 3 aromatic carbocycles. The van der Waals surface area contributed by atoms with Gasteiger partial charge in [0.15, 0.2) is 5.78 Å². The first kappa shape index (κ1) is 24.3. The molecule has 0 aliphatic rings. The highest BCUT2D eigenvalue weighted by Gasteiger charge is 2.28. The van der Waals surface area contributed by atoms with Crippen molar-refractivity contribution in [2.45, 2.75) is 12.5 Å². The van der Waals surface area contributed by atoms with Crippen LogP contribution in [0.2, 0.25) is 10.0 Å². The number of amides is 2. The fraction of sp³-hybridized carbons (Fsp3) is 0.160. The van der Waals surface area contributed by atoms with Crippen molar-refractivity contribution in [3.8, 4) is 0 Å². The standard InChI is InChI=1S/C25H23Cl2N3O3/c1-30(22(25(33)29-15-23(28)31)13-16-7-3-2-4-8-16)21-12-11-17(26)14-19(21)24(32)18-9-5-6-10-20(18)27/h2-12,14,22H,13,15H2,1H3,(H2,28,31)(H,29,33)/t22-/m1/s1. The Bertz CT molecular complexity index is 1170. The van der Waals surface area contributed by atoms with Crippen LogP contribution in [0.15, 0.2) is 72.8 Å². The predicted molar refractivity (Wildman–Crippen MR) is 131 cm³/mol. The Morgan fingerprint density at radius 3 is 2.27 bits per heavy atom. The first-order valence-corrected chi connectivity index (χ1v) is 10.9. The zero-order valence-corrected chi connectivity index (χ0v) is 19.4. The Morgan fingerprint density at radius 2 is 1.61 bits per heavy atom. The molecule has 3 rings (SSSR count). The molecule has 0 heterocycles. The van der Waals surface area contributed by atoms with Gasteiger partial charge in [0.25, 0.3) is 0 Å². The number of ketones is 1. The number of anilines is 1. The maximum absolute atomic E-state index is 13.4. The number of carbonyl (C=O) groups is 3. The van der Waals surface area contributed by atoms with Crippen molar-refractivity contribution in [1.82, 2.24) is 5.32 Å². The van der Waals surface area contributed by atoms with Crippen LogP contribution in [0.4, 0.5) is 5.69 Å². The summed E-state index contributed by atoms with van der Waals surface area (Å²) >= 11 is 12.5. The van der Waals surface area contributed by atoms with E-state index in [9.17, 15) is 14.4 Å². The van der Waals surface area contributed by atoms with Crippen molar-refractivity contribution in [1.29, 1.82) is 0 Å². The Kier molecular flexibility index (Phi) is 8.09. The number of nitrogens with one attached hydrogen (secondary N) is 1. The van der Waals surface area contributed by atoms with Crippen LogP contribution in [0.3, 0.4) is 0 Å². The van der Waals surface area contributed by atoms with E-state index in [1.165, 1.54) is 0 Å². The van der Waals surface area contributed by atoms with Gasteiger partial charge in [0, 0.05) is 35.3 Å². The van der Waals surface area contributed by atoms with Gasteiger partial charge in [-0.15, -0.1) is 0 Å². The minimum atomic E-state index is -0.731. The Morgan fingerprint density at radius 1 is 0.939 bits per heavy atom. The fourth-order valence-corrected chi connectivity index (χ4v) is 3.88. The third-order valence-electron chi connectivity index (χ3n) is 5.18. The van der Waals surface area contributed by atoms with Gasteiger partial charge in [-0.1, -0.05) is 65.7 Å². The molecule has 33 heavy (non-hydrogen) atoms. The zero-order valence-electron chi connectivity index (χ0n) is 17.9. The van der Waals surface area contributed by atoms with Crippen LogP contribution >= 0.6 is 23.2 Å². The molecule has 0 saturated heterocycles. The number of hydrogen-bond donors (Lipinski definition) is 2. The monoisotopic (exact) mass is 483 g/mol. The van der Waals surface area contributed by atoms with E-state index in [2.05, 4.69) is 5.32 Å². The zero-order chi connectivity index (χ0) is 24.0. The summed E-state index contributed by atoms with van der Waals surface area (Å²) in [5.74, 6) is -1.36. The first-order valence-electron chi connectivity index (χ1n) is 10.2. The minimum absolute atomic E-state index is 0.288. The van der Waals surface area contributed by atoms with Crippen molar-refractivity contribution < 1.29 is 14.4 Å². The van der Waals surface area contributed by atoms with Gasteiger partial charge >= 0.3 is 0 Å². The quantitative estimate of drug-likeness (QED) is 0.451. The SMILES string of the molecule is CN(c1ccc(Cl)cc1C(=O)c1ccccc1Cl)[C@H](Cc1ccccc1)C(=O)NCC(N)=O. The van der Waals surface area contributed by atoms with Crippen molar-refractivity contribution in [3.63, 3.8) is 0 Å². The van der Waals surface area contributed by atoms with E-state index in [-0.39, 0.29) is 12.3 Å². The molecule has 2 amide bonds. The molecule has 0 aromatic heterocycles. The van der Waals surface area contributed by atoms with E-state index in [1.807, 2.05) is 30.3 Å². The van der Waals surface area contributed by atoms with Crippen molar-refractivity contribution in [2.24, 2.45) is 5.73 Å². The third kappa shape index (κ3) is 6.12. The molecule has 0 radical (unpaired) electrons. The topological polar surface area (TPSA) is 92.5 Å². The largest absolute Gasteiger partial charge is 0.368 e. The highest BCUT2D eigenvalue weighted by molar-refractivity contribution is 6.35. The maximum Gasteiger partial charge on any atom is 0.243 e. The van der Waals surface area contributed by atoms with Crippen LogP contribution < -0.4 is 16.0 Å². The van der Waals surface area contributed by atoms with Crippen LogP contribution in [-0.4, -0.2) is 37.2 Å². The summed E-state index contributed by atoms with van der Waals surface area (Å²) in [6, 6.07) is 20.3. The summed E-state index contributed by atoms with van der Waals surface area (Å²) in [7, 11) is 1.71. The summed E-state index contributed by atoms with van der Waals surface area (Å²) in [6.45, 7) is -0.288. The molecule has 0 bridgehead atoms. The molecule has 170 valence electrons. The number of benzene rings is 3. The molecule has 0 fully saturated rings. The van der Waals surface area contributed by atoms with Gasteiger partial charge in [0.2, 0.25) is 11.8 Å². The molecule has 6 nitrogen and oxygen atoms in total. The van der Waals surface area contributed by atoms with Crippen LogP contribution in [0.25, 0.3) is 0 Å².